The molecular formula is C15H21N. The maximum Gasteiger partial charge on any atom is 0.0239 e. The molecule has 1 saturated heterocycles. The van der Waals surface area contributed by atoms with Crippen LogP contribution in [0.2, 0.25) is 0 Å². The Kier molecular flexibility index (Phi) is 3.79. The van der Waals surface area contributed by atoms with Crippen LogP contribution in [0.3, 0.4) is 0 Å². The second kappa shape index (κ2) is 5.31. The average Bonchev–Trinajstić information content (AvgIpc) is 2.79. The molecule has 0 atom stereocenters. The van der Waals surface area contributed by atoms with Crippen LogP contribution in [-0.2, 0) is 0 Å². The molecule has 1 aromatic rings. The highest BCUT2D eigenvalue weighted by Gasteiger charge is 2.14. The number of benzene rings is 1. The first kappa shape index (κ1) is 11.4. The molecule has 0 aliphatic carbocycles. The third kappa shape index (κ3) is 2.73. The Bertz CT molecular complexity index is 354. The van der Waals surface area contributed by atoms with Crippen molar-refractivity contribution in [3.63, 3.8) is 0 Å². The van der Waals surface area contributed by atoms with Crippen molar-refractivity contribution in [2.75, 3.05) is 19.6 Å². The van der Waals surface area contributed by atoms with E-state index in [0.717, 1.165) is 6.54 Å². The molecular weight excluding hydrogens is 194 g/mol. The lowest BCUT2D eigenvalue weighted by molar-refractivity contribution is 0.382. The summed E-state index contributed by atoms with van der Waals surface area (Å²) in [5.74, 6) is 0. The van der Waals surface area contributed by atoms with Gasteiger partial charge in [-0.3, -0.25) is 4.90 Å². The van der Waals surface area contributed by atoms with Gasteiger partial charge in [-0.1, -0.05) is 35.9 Å². The molecule has 0 aromatic heterocycles. The quantitative estimate of drug-likeness (QED) is 0.745. The normalized spacial score (nSPS) is 16.4. The van der Waals surface area contributed by atoms with E-state index in [-0.39, 0.29) is 0 Å². The van der Waals surface area contributed by atoms with Crippen LogP contribution < -0.4 is 0 Å². The van der Waals surface area contributed by atoms with Crippen molar-refractivity contribution in [2.45, 2.75) is 26.7 Å². The van der Waals surface area contributed by atoms with E-state index >= 15 is 0 Å². The van der Waals surface area contributed by atoms with Crippen LogP contribution in [0.15, 0.2) is 35.9 Å². The lowest BCUT2D eigenvalue weighted by Gasteiger charge is -2.19. The van der Waals surface area contributed by atoms with Crippen LogP contribution in [0.25, 0.3) is 5.57 Å². The van der Waals surface area contributed by atoms with Gasteiger partial charge in [0.25, 0.3) is 0 Å². The van der Waals surface area contributed by atoms with Gasteiger partial charge in [0, 0.05) is 6.54 Å². The summed E-state index contributed by atoms with van der Waals surface area (Å²) in [6.45, 7) is 8.09. The Morgan fingerprint density at radius 2 is 1.69 bits per heavy atom. The van der Waals surface area contributed by atoms with Crippen LogP contribution in [0.1, 0.15) is 32.3 Å². The van der Waals surface area contributed by atoms with E-state index in [1.807, 2.05) is 0 Å². The Labute approximate surface area is 98.8 Å². The zero-order valence-electron chi connectivity index (χ0n) is 10.4. The zero-order valence-corrected chi connectivity index (χ0v) is 10.4. The molecule has 2 rings (SSSR count). The van der Waals surface area contributed by atoms with E-state index in [1.165, 1.54) is 42.6 Å². The highest BCUT2D eigenvalue weighted by Crippen LogP contribution is 2.21. The Morgan fingerprint density at radius 1 is 1.06 bits per heavy atom. The van der Waals surface area contributed by atoms with Crippen molar-refractivity contribution in [3.8, 4) is 0 Å². The van der Waals surface area contributed by atoms with Crippen molar-refractivity contribution in [2.24, 2.45) is 0 Å². The second-order valence-electron chi connectivity index (χ2n) is 4.83. The molecule has 0 bridgehead atoms. The minimum absolute atomic E-state index is 1.12. The van der Waals surface area contributed by atoms with Gasteiger partial charge in [-0.15, -0.1) is 0 Å². The van der Waals surface area contributed by atoms with Gasteiger partial charge in [-0.25, -0.2) is 0 Å². The number of rotatable bonds is 3. The third-order valence-corrected chi connectivity index (χ3v) is 3.31. The number of hydrogen-bond acceptors (Lipinski definition) is 1. The van der Waals surface area contributed by atoms with Crippen molar-refractivity contribution in [1.82, 2.24) is 4.90 Å². The average molecular weight is 215 g/mol. The van der Waals surface area contributed by atoms with Gasteiger partial charge in [0.2, 0.25) is 0 Å². The predicted octanol–water partition coefficient (Wildman–Crippen LogP) is 3.58. The van der Waals surface area contributed by atoms with Gasteiger partial charge >= 0.3 is 0 Å². The summed E-state index contributed by atoms with van der Waals surface area (Å²) in [4.78, 5) is 2.56. The molecule has 16 heavy (non-hydrogen) atoms. The first-order valence-corrected chi connectivity index (χ1v) is 6.21. The monoisotopic (exact) mass is 215 g/mol. The molecule has 1 fully saturated rings. The van der Waals surface area contributed by atoms with Gasteiger partial charge in [0.1, 0.15) is 0 Å². The minimum atomic E-state index is 1.12. The molecule has 1 nitrogen and oxygen atoms in total. The third-order valence-electron chi connectivity index (χ3n) is 3.31. The number of hydrogen-bond donors (Lipinski definition) is 0. The van der Waals surface area contributed by atoms with Crippen LogP contribution in [-0.4, -0.2) is 24.5 Å². The fraction of sp³-hybridized carbons (Fsp3) is 0.467. The first-order chi connectivity index (χ1) is 7.77. The Balaban J connectivity index is 2.16. The fourth-order valence-electron chi connectivity index (χ4n) is 2.34. The van der Waals surface area contributed by atoms with E-state index in [4.69, 9.17) is 0 Å². The Morgan fingerprint density at radius 3 is 2.25 bits per heavy atom. The molecule has 0 amide bonds. The second-order valence-corrected chi connectivity index (χ2v) is 4.83. The smallest absolute Gasteiger partial charge is 0.0239 e. The molecule has 0 spiro atoms. The summed E-state index contributed by atoms with van der Waals surface area (Å²) in [6, 6.07) is 10.8. The molecule has 1 aromatic carbocycles. The van der Waals surface area contributed by atoms with Crippen LogP contribution in [0.4, 0.5) is 0 Å². The van der Waals surface area contributed by atoms with Crippen molar-refractivity contribution >= 4 is 5.57 Å². The molecule has 0 radical (unpaired) electrons. The lowest BCUT2D eigenvalue weighted by Crippen LogP contribution is -2.21. The van der Waals surface area contributed by atoms with Gasteiger partial charge in [0.05, 0.1) is 0 Å². The standard InChI is InChI=1S/C15H21N/c1-13(2)15(12-16-10-6-7-11-16)14-8-4-3-5-9-14/h3-5,8-9H,6-7,10-12H2,1-2H3. The van der Waals surface area contributed by atoms with Crippen LogP contribution >= 0.6 is 0 Å². The number of likely N-dealkylation sites (tertiary alicyclic amines) is 1. The van der Waals surface area contributed by atoms with Gasteiger partial charge in [-0.2, -0.15) is 0 Å². The summed E-state index contributed by atoms with van der Waals surface area (Å²) in [5.41, 5.74) is 4.33. The number of allylic oxidation sites excluding steroid dienone is 1. The molecule has 1 aliphatic rings. The van der Waals surface area contributed by atoms with Gasteiger partial charge < -0.3 is 0 Å². The molecule has 1 aliphatic heterocycles. The highest BCUT2D eigenvalue weighted by atomic mass is 15.1. The van der Waals surface area contributed by atoms with Crippen molar-refractivity contribution < 1.29 is 0 Å². The summed E-state index contributed by atoms with van der Waals surface area (Å²) in [5, 5.41) is 0. The fourth-order valence-corrected chi connectivity index (χ4v) is 2.34. The number of nitrogens with zero attached hydrogens (tertiary/aromatic N) is 1. The first-order valence-electron chi connectivity index (χ1n) is 6.21. The topological polar surface area (TPSA) is 3.24 Å². The van der Waals surface area contributed by atoms with E-state index in [2.05, 4.69) is 49.1 Å². The maximum atomic E-state index is 2.56. The van der Waals surface area contributed by atoms with E-state index in [1.54, 1.807) is 0 Å². The molecule has 1 heterocycles. The van der Waals surface area contributed by atoms with Crippen LogP contribution in [0.5, 0.6) is 0 Å². The minimum Gasteiger partial charge on any atom is -0.299 e. The van der Waals surface area contributed by atoms with Gasteiger partial charge in [0.15, 0.2) is 0 Å². The lowest BCUT2D eigenvalue weighted by atomic mass is 10.0. The van der Waals surface area contributed by atoms with E-state index in [0.29, 0.717) is 0 Å². The molecule has 1 heteroatoms. The molecule has 0 unspecified atom stereocenters. The van der Waals surface area contributed by atoms with E-state index in [9.17, 15) is 0 Å². The summed E-state index contributed by atoms with van der Waals surface area (Å²) >= 11 is 0. The van der Waals surface area contributed by atoms with E-state index < -0.39 is 0 Å². The maximum absolute atomic E-state index is 2.56. The summed E-state index contributed by atoms with van der Waals surface area (Å²) < 4.78 is 0. The molecule has 0 N–H and O–H groups in total. The Hall–Kier alpha value is -1.08. The SMILES string of the molecule is CC(C)=C(CN1CCCC1)c1ccccc1. The summed E-state index contributed by atoms with van der Waals surface area (Å²) in [7, 11) is 0. The highest BCUT2D eigenvalue weighted by molar-refractivity contribution is 5.69. The zero-order chi connectivity index (χ0) is 11.4. The predicted molar refractivity (Wildman–Crippen MR) is 70.4 cm³/mol. The largest absolute Gasteiger partial charge is 0.299 e. The van der Waals surface area contributed by atoms with Crippen molar-refractivity contribution in [1.29, 1.82) is 0 Å². The molecule has 86 valence electrons. The summed E-state index contributed by atoms with van der Waals surface area (Å²) in [6.07, 6.45) is 2.73. The molecule has 0 saturated carbocycles. The van der Waals surface area contributed by atoms with Gasteiger partial charge in [-0.05, 0) is 50.9 Å². The van der Waals surface area contributed by atoms with Crippen LogP contribution in [0, 0.1) is 0 Å². The van der Waals surface area contributed by atoms with Crippen molar-refractivity contribution in [3.05, 3.63) is 41.5 Å².